The highest BCUT2D eigenvalue weighted by atomic mass is 16.7. The average molecular weight is 1150 g/mol. The van der Waals surface area contributed by atoms with E-state index in [1.54, 1.807) is 0 Å². The zero-order valence-corrected chi connectivity index (χ0v) is 54.3. The summed E-state index contributed by atoms with van der Waals surface area (Å²) >= 11 is 0. The van der Waals surface area contributed by atoms with E-state index >= 15 is 0 Å². The number of nitrogens with one attached hydrogen (secondary N) is 1. The summed E-state index contributed by atoms with van der Waals surface area (Å²) in [5.41, 5.74) is 0. The normalized spacial score (nSPS) is 18.2. The zero-order chi connectivity index (χ0) is 58.6. The van der Waals surface area contributed by atoms with Crippen LogP contribution in [0.2, 0.25) is 0 Å². The van der Waals surface area contributed by atoms with Crippen molar-refractivity contribution in [3.63, 3.8) is 0 Å². The van der Waals surface area contributed by atoms with E-state index in [1.165, 1.54) is 334 Å². The molecule has 0 aliphatic carbocycles. The Balaban J connectivity index is 2.04. The molecular weight excluding hydrogens is 1010 g/mol. The summed E-state index contributed by atoms with van der Waals surface area (Å²) in [6.45, 7) is 3.91. The molecule has 0 aromatic rings. The number of ether oxygens (including phenoxy) is 2. The molecule has 1 aliphatic heterocycles. The largest absolute Gasteiger partial charge is 0.394 e. The molecular formula is C72H143NO8. The predicted octanol–water partition coefficient (Wildman–Crippen LogP) is 20.1. The molecule has 9 heteroatoms. The summed E-state index contributed by atoms with van der Waals surface area (Å²) in [5.74, 6) is -0.133. The Kier molecular flexibility index (Phi) is 60.1. The number of carbonyl (C=O) groups is 1. The third kappa shape index (κ3) is 51.0. The molecule has 7 unspecified atom stereocenters. The SMILES string of the molecule is CCCCCCCCCCCCCCCCCCCCCCCCCCCCCCCCCCCCCCC(=O)NC(COC1OC(CO)C(O)C(O)C1O)C(O)CCCCCCCCCCCCCCCCCCCCCCCC. The number of hydrogen-bond acceptors (Lipinski definition) is 8. The Hall–Kier alpha value is -0.810. The lowest BCUT2D eigenvalue weighted by Gasteiger charge is -2.40. The van der Waals surface area contributed by atoms with Crippen LogP contribution in [0.15, 0.2) is 0 Å². The van der Waals surface area contributed by atoms with Gasteiger partial charge in [0.05, 0.1) is 25.4 Å². The van der Waals surface area contributed by atoms with E-state index in [0.717, 1.165) is 38.5 Å². The van der Waals surface area contributed by atoms with Gasteiger partial charge in [-0.3, -0.25) is 4.79 Å². The summed E-state index contributed by atoms with van der Waals surface area (Å²) in [4.78, 5) is 13.2. The highest BCUT2D eigenvalue weighted by Gasteiger charge is 2.44. The average Bonchev–Trinajstić information content (AvgIpc) is 3.49. The first kappa shape index (κ1) is 78.2. The second-order valence-corrected chi connectivity index (χ2v) is 26.1. The smallest absolute Gasteiger partial charge is 0.220 e. The fourth-order valence-electron chi connectivity index (χ4n) is 12.5. The molecule has 484 valence electrons. The Bertz CT molecular complexity index is 1240. The monoisotopic (exact) mass is 1150 g/mol. The van der Waals surface area contributed by atoms with Gasteiger partial charge in [0.25, 0.3) is 0 Å². The van der Waals surface area contributed by atoms with Crippen molar-refractivity contribution in [2.75, 3.05) is 13.2 Å². The van der Waals surface area contributed by atoms with Crippen LogP contribution in [0.5, 0.6) is 0 Å². The topological polar surface area (TPSA) is 149 Å². The summed E-state index contributed by atoms with van der Waals surface area (Å²) in [6, 6.07) is -0.715. The molecule has 0 aromatic heterocycles. The maximum absolute atomic E-state index is 13.2. The van der Waals surface area contributed by atoms with Crippen LogP contribution in [-0.2, 0) is 14.3 Å². The van der Waals surface area contributed by atoms with Gasteiger partial charge in [0.2, 0.25) is 5.91 Å². The van der Waals surface area contributed by atoms with Gasteiger partial charge < -0.3 is 40.3 Å². The standard InChI is InChI=1S/C72H143NO8/c1-3-5-7-9-11-13-15-17-19-21-23-25-27-28-29-30-31-32-33-34-35-36-37-38-39-40-42-44-46-48-50-52-54-56-58-60-62-68(76)73-65(64-80-72-71(79)70(78)69(77)67(63-74)81-72)66(75)61-59-57-55-53-51-49-47-45-43-41-26-24-22-20-18-16-14-12-10-8-6-4-2/h65-67,69-72,74-75,77-79H,3-64H2,1-2H3,(H,73,76). The molecule has 1 heterocycles. The van der Waals surface area contributed by atoms with E-state index in [9.17, 15) is 30.3 Å². The summed E-state index contributed by atoms with van der Waals surface area (Å²) in [6.07, 6.45) is 72.0. The molecule has 0 bridgehead atoms. The van der Waals surface area contributed by atoms with Gasteiger partial charge in [0.1, 0.15) is 24.4 Å². The van der Waals surface area contributed by atoms with E-state index in [-0.39, 0.29) is 12.5 Å². The number of amides is 1. The number of hydrogen-bond donors (Lipinski definition) is 6. The van der Waals surface area contributed by atoms with Gasteiger partial charge >= 0.3 is 0 Å². The lowest BCUT2D eigenvalue weighted by Crippen LogP contribution is -2.60. The third-order valence-electron chi connectivity index (χ3n) is 18.2. The quantitative estimate of drug-likeness (QED) is 0.0330. The number of aliphatic hydroxyl groups excluding tert-OH is 5. The van der Waals surface area contributed by atoms with Crippen LogP contribution in [0.3, 0.4) is 0 Å². The van der Waals surface area contributed by atoms with Crippen LogP contribution in [0.1, 0.15) is 399 Å². The first-order chi connectivity index (χ1) is 39.8. The van der Waals surface area contributed by atoms with Crippen molar-refractivity contribution in [3.8, 4) is 0 Å². The molecule has 1 saturated heterocycles. The van der Waals surface area contributed by atoms with Crippen molar-refractivity contribution in [2.24, 2.45) is 0 Å². The van der Waals surface area contributed by atoms with Gasteiger partial charge in [-0.25, -0.2) is 0 Å². The maximum Gasteiger partial charge on any atom is 0.220 e. The minimum atomic E-state index is -1.55. The predicted molar refractivity (Wildman–Crippen MR) is 346 cm³/mol. The van der Waals surface area contributed by atoms with E-state index in [2.05, 4.69) is 19.2 Å². The van der Waals surface area contributed by atoms with E-state index in [4.69, 9.17) is 9.47 Å². The van der Waals surface area contributed by atoms with Crippen LogP contribution >= 0.6 is 0 Å². The Morgan fingerprint density at radius 1 is 0.370 bits per heavy atom. The van der Waals surface area contributed by atoms with Crippen molar-refractivity contribution in [1.29, 1.82) is 0 Å². The fraction of sp³-hybridized carbons (Fsp3) is 0.986. The molecule has 6 N–H and O–H groups in total. The molecule has 0 radical (unpaired) electrons. The molecule has 0 spiro atoms. The second kappa shape index (κ2) is 62.2. The number of rotatable bonds is 66. The Morgan fingerprint density at radius 2 is 0.617 bits per heavy atom. The highest BCUT2D eigenvalue weighted by molar-refractivity contribution is 5.76. The van der Waals surface area contributed by atoms with Crippen molar-refractivity contribution in [1.82, 2.24) is 5.32 Å². The van der Waals surface area contributed by atoms with Crippen molar-refractivity contribution < 1.29 is 39.8 Å². The Morgan fingerprint density at radius 3 is 0.877 bits per heavy atom. The maximum atomic E-state index is 13.2. The lowest BCUT2D eigenvalue weighted by atomic mass is 9.99. The lowest BCUT2D eigenvalue weighted by molar-refractivity contribution is -0.302. The van der Waals surface area contributed by atoms with E-state index in [1.807, 2.05) is 0 Å². The zero-order valence-electron chi connectivity index (χ0n) is 54.3. The summed E-state index contributed by atoms with van der Waals surface area (Å²) < 4.78 is 11.4. The van der Waals surface area contributed by atoms with Crippen LogP contribution < -0.4 is 5.32 Å². The highest BCUT2D eigenvalue weighted by Crippen LogP contribution is 2.24. The molecule has 9 nitrogen and oxygen atoms in total. The summed E-state index contributed by atoms with van der Waals surface area (Å²) in [7, 11) is 0. The summed E-state index contributed by atoms with van der Waals surface area (Å²) in [5, 5.41) is 54.9. The molecule has 1 fully saturated rings. The van der Waals surface area contributed by atoms with Crippen LogP contribution in [0, 0.1) is 0 Å². The van der Waals surface area contributed by atoms with Gasteiger partial charge in [0.15, 0.2) is 6.29 Å². The molecule has 7 atom stereocenters. The minimum absolute atomic E-state index is 0.130. The first-order valence-corrected chi connectivity index (χ1v) is 36.7. The molecule has 0 saturated carbocycles. The van der Waals surface area contributed by atoms with E-state index < -0.39 is 49.5 Å². The van der Waals surface area contributed by atoms with Gasteiger partial charge in [-0.1, -0.05) is 380 Å². The molecule has 1 rings (SSSR count). The van der Waals surface area contributed by atoms with Gasteiger partial charge in [-0.05, 0) is 12.8 Å². The van der Waals surface area contributed by atoms with E-state index in [0.29, 0.717) is 12.8 Å². The van der Waals surface area contributed by atoms with Crippen molar-refractivity contribution >= 4 is 5.91 Å². The van der Waals surface area contributed by atoms with Gasteiger partial charge in [0, 0.05) is 6.42 Å². The van der Waals surface area contributed by atoms with Crippen LogP contribution in [0.4, 0.5) is 0 Å². The van der Waals surface area contributed by atoms with Crippen molar-refractivity contribution in [3.05, 3.63) is 0 Å². The molecule has 81 heavy (non-hydrogen) atoms. The minimum Gasteiger partial charge on any atom is -0.394 e. The third-order valence-corrected chi connectivity index (χ3v) is 18.2. The molecule has 1 amide bonds. The van der Waals surface area contributed by atoms with Crippen LogP contribution in [0.25, 0.3) is 0 Å². The number of unbranched alkanes of at least 4 members (excludes halogenated alkanes) is 56. The number of carbonyl (C=O) groups excluding carboxylic acids is 1. The Labute approximate surface area is 504 Å². The fourth-order valence-corrected chi connectivity index (χ4v) is 12.5. The van der Waals surface area contributed by atoms with Gasteiger partial charge in [-0.15, -0.1) is 0 Å². The molecule has 0 aromatic carbocycles. The van der Waals surface area contributed by atoms with Gasteiger partial charge in [-0.2, -0.15) is 0 Å². The molecule has 1 aliphatic rings. The number of aliphatic hydroxyl groups is 5. The van der Waals surface area contributed by atoms with Crippen LogP contribution in [-0.4, -0.2) is 87.5 Å². The van der Waals surface area contributed by atoms with Crippen molar-refractivity contribution in [2.45, 2.75) is 442 Å². The first-order valence-electron chi connectivity index (χ1n) is 36.7. The second-order valence-electron chi connectivity index (χ2n) is 26.1.